The summed E-state index contributed by atoms with van der Waals surface area (Å²) >= 11 is 1.10. The molecule has 104 valence electrons. The highest BCUT2D eigenvalue weighted by molar-refractivity contribution is 8.00. The quantitative estimate of drug-likeness (QED) is 0.791. The van der Waals surface area contributed by atoms with Crippen LogP contribution < -0.4 is 0 Å². The number of carbonyl (C=O) groups is 2. The van der Waals surface area contributed by atoms with E-state index in [4.69, 9.17) is 5.11 Å². The van der Waals surface area contributed by atoms with Crippen LogP contribution in [-0.2, 0) is 29.1 Å². The number of nitrogens with zero attached hydrogens (tertiary/aromatic N) is 4. The third-order valence-corrected chi connectivity index (χ3v) is 3.84. The van der Waals surface area contributed by atoms with Crippen LogP contribution in [0.4, 0.5) is 0 Å². The van der Waals surface area contributed by atoms with Gasteiger partial charge in [0.05, 0.1) is 18.1 Å². The van der Waals surface area contributed by atoms with Gasteiger partial charge in [-0.2, -0.15) is 0 Å². The summed E-state index contributed by atoms with van der Waals surface area (Å²) in [5, 5.41) is 16.7. The van der Waals surface area contributed by atoms with Gasteiger partial charge in [0.25, 0.3) is 0 Å². The summed E-state index contributed by atoms with van der Waals surface area (Å²) in [6.45, 7) is 1.33. The summed E-state index contributed by atoms with van der Waals surface area (Å²) in [7, 11) is 1.69. The Morgan fingerprint density at radius 3 is 2.95 bits per heavy atom. The van der Waals surface area contributed by atoms with Crippen LogP contribution in [0.1, 0.15) is 18.1 Å². The Morgan fingerprint density at radius 2 is 2.21 bits per heavy atom. The van der Waals surface area contributed by atoms with Crippen LogP contribution in [0, 0.1) is 0 Å². The van der Waals surface area contributed by atoms with Gasteiger partial charge in [-0.15, -0.1) is 22.0 Å². The van der Waals surface area contributed by atoms with Crippen molar-refractivity contribution in [3.63, 3.8) is 0 Å². The van der Waals surface area contributed by atoms with Gasteiger partial charge < -0.3 is 14.6 Å². The molecule has 0 saturated carbocycles. The molecule has 1 aromatic rings. The van der Waals surface area contributed by atoms with E-state index in [1.807, 2.05) is 4.57 Å². The number of fused-ring (bicyclic) bond motifs is 1. The van der Waals surface area contributed by atoms with Gasteiger partial charge >= 0.3 is 5.97 Å². The zero-order valence-corrected chi connectivity index (χ0v) is 11.5. The molecule has 8 heteroatoms. The van der Waals surface area contributed by atoms with E-state index in [1.54, 1.807) is 11.9 Å². The van der Waals surface area contributed by atoms with Crippen molar-refractivity contribution in [2.45, 2.75) is 25.9 Å². The van der Waals surface area contributed by atoms with Gasteiger partial charge in [0.1, 0.15) is 5.82 Å². The number of carbonyl (C=O) groups excluding carboxylic acids is 1. The lowest BCUT2D eigenvalue weighted by atomic mass is 10.4. The molecular weight excluding hydrogens is 268 g/mol. The summed E-state index contributed by atoms with van der Waals surface area (Å²) in [5.41, 5.74) is 0. The Bertz CT molecular complexity index is 488. The van der Waals surface area contributed by atoms with Gasteiger partial charge in [-0.1, -0.05) is 0 Å². The van der Waals surface area contributed by atoms with Crippen LogP contribution in [0.25, 0.3) is 0 Å². The van der Waals surface area contributed by atoms with E-state index in [0.717, 1.165) is 42.8 Å². The van der Waals surface area contributed by atoms with Gasteiger partial charge in [-0.3, -0.25) is 9.59 Å². The number of hydrogen-bond acceptors (Lipinski definition) is 5. The smallest absolute Gasteiger partial charge is 0.313 e. The molecule has 0 unspecified atom stereocenters. The first kappa shape index (κ1) is 13.9. The lowest BCUT2D eigenvalue weighted by molar-refractivity contribution is -0.133. The normalized spacial score (nSPS) is 13.3. The van der Waals surface area contributed by atoms with E-state index in [2.05, 4.69) is 10.2 Å². The molecule has 2 heterocycles. The third kappa shape index (κ3) is 3.46. The fourth-order valence-electron chi connectivity index (χ4n) is 1.96. The maximum atomic E-state index is 11.8. The van der Waals surface area contributed by atoms with Crippen LogP contribution in [0.5, 0.6) is 0 Å². The number of amides is 1. The first-order chi connectivity index (χ1) is 9.08. The van der Waals surface area contributed by atoms with Gasteiger partial charge in [0, 0.05) is 20.0 Å². The first-order valence-electron chi connectivity index (χ1n) is 6.02. The summed E-state index contributed by atoms with van der Waals surface area (Å²) in [6.07, 6.45) is 2.02. The van der Waals surface area contributed by atoms with Crippen LogP contribution >= 0.6 is 11.8 Å². The largest absolute Gasteiger partial charge is 0.481 e. The number of hydrogen-bond donors (Lipinski definition) is 1. The highest BCUT2D eigenvalue weighted by Gasteiger charge is 2.19. The second-order valence-electron chi connectivity index (χ2n) is 4.42. The molecule has 1 N–H and O–H groups in total. The van der Waals surface area contributed by atoms with Crippen LogP contribution in [-0.4, -0.2) is 55.2 Å². The Balaban J connectivity index is 1.84. The van der Waals surface area contributed by atoms with Crippen molar-refractivity contribution >= 4 is 23.6 Å². The van der Waals surface area contributed by atoms with E-state index < -0.39 is 5.97 Å². The Kier molecular flexibility index (Phi) is 4.41. The first-order valence-corrected chi connectivity index (χ1v) is 7.18. The summed E-state index contributed by atoms with van der Waals surface area (Å²) < 4.78 is 2.05. The topological polar surface area (TPSA) is 88.3 Å². The molecule has 1 aliphatic rings. The monoisotopic (exact) mass is 284 g/mol. The minimum atomic E-state index is -0.907. The van der Waals surface area contributed by atoms with Crippen LogP contribution in [0.2, 0.25) is 0 Å². The molecule has 0 bridgehead atoms. The van der Waals surface area contributed by atoms with Gasteiger partial charge in [0.15, 0.2) is 5.82 Å². The molecule has 7 nitrogen and oxygen atoms in total. The number of aliphatic carboxylic acids is 1. The fraction of sp³-hybridized carbons (Fsp3) is 0.636. The molecule has 0 saturated heterocycles. The van der Waals surface area contributed by atoms with Crippen molar-refractivity contribution in [3.05, 3.63) is 11.6 Å². The minimum Gasteiger partial charge on any atom is -0.481 e. The zero-order chi connectivity index (χ0) is 13.8. The average Bonchev–Trinajstić information content (AvgIpc) is 2.93. The van der Waals surface area contributed by atoms with E-state index in [0.29, 0.717) is 6.54 Å². The number of carboxylic acid groups (broad SMARTS) is 1. The van der Waals surface area contributed by atoms with E-state index >= 15 is 0 Å². The van der Waals surface area contributed by atoms with E-state index in [1.165, 1.54) is 0 Å². The average molecular weight is 284 g/mol. The Hall–Kier alpha value is -1.57. The van der Waals surface area contributed by atoms with Crippen molar-refractivity contribution in [2.24, 2.45) is 0 Å². The lowest BCUT2D eigenvalue weighted by Crippen LogP contribution is -2.29. The van der Waals surface area contributed by atoms with E-state index in [-0.39, 0.29) is 17.4 Å². The second kappa shape index (κ2) is 6.05. The molecule has 0 aliphatic carbocycles. The molecule has 1 amide bonds. The molecule has 0 aromatic carbocycles. The predicted molar refractivity (Wildman–Crippen MR) is 69.8 cm³/mol. The SMILES string of the molecule is CN(Cc1nnc2n1CCC2)C(=O)CSCC(=O)O. The predicted octanol–water partition coefficient (Wildman–Crippen LogP) is 0.000500. The second-order valence-corrected chi connectivity index (χ2v) is 5.41. The van der Waals surface area contributed by atoms with Crippen molar-refractivity contribution in [3.8, 4) is 0 Å². The Morgan fingerprint density at radius 1 is 1.42 bits per heavy atom. The van der Waals surface area contributed by atoms with Gasteiger partial charge in [-0.05, 0) is 6.42 Å². The highest BCUT2D eigenvalue weighted by Crippen LogP contribution is 2.15. The standard InChI is InChI=1S/C11H16N4O3S/c1-14(10(16)6-19-7-11(17)18)5-9-13-12-8-3-2-4-15(8)9/h2-7H2,1H3,(H,17,18). The minimum absolute atomic E-state index is 0.0556. The number of aromatic nitrogens is 3. The molecule has 0 atom stereocenters. The number of thioether (sulfide) groups is 1. The molecular formula is C11H16N4O3S. The molecule has 0 fully saturated rings. The van der Waals surface area contributed by atoms with Gasteiger partial charge in [-0.25, -0.2) is 0 Å². The molecule has 1 aromatic heterocycles. The van der Waals surface area contributed by atoms with Crippen LogP contribution in [0.15, 0.2) is 0 Å². The maximum Gasteiger partial charge on any atom is 0.313 e. The summed E-state index contributed by atoms with van der Waals surface area (Å²) in [4.78, 5) is 23.7. The van der Waals surface area contributed by atoms with Crippen molar-refractivity contribution < 1.29 is 14.7 Å². The van der Waals surface area contributed by atoms with Crippen molar-refractivity contribution in [1.29, 1.82) is 0 Å². The number of carboxylic acids is 1. The van der Waals surface area contributed by atoms with Crippen molar-refractivity contribution in [1.82, 2.24) is 19.7 Å². The molecule has 0 spiro atoms. The maximum absolute atomic E-state index is 11.8. The highest BCUT2D eigenvalue weighted by atomic mass is 32.2. The zero-order valence-electron chi connectivity index (χ0n) is 10.7. The van der Waals surface area contributed by atoms with E-state index in [9.17, 15) is 9.59 Å². The van der Waals surface area contributed by atoms with Crippen LogP contribution in [0.3, 0.4) is 0 Å². The number of rotatable bonds is 6. The number of aryl methyl sites for hydroxylation is 1. The van der Waals surface area contributed by atoms with Gasteiger partial charge in [0.2, 0.25) is 5.91 Å². The molecule has 0 radical (unpaired) electrons. The summed E-state index contributed by atoms with van der Waals surface area (Å²) in [5.74, 6) is 0.893. The third-order valence-electron chi connectivity index (χ3n) is 2.94. The molecule has 2 rings (SSSR count). The molecule has 19 heavy (non-hydrogen) atoms. The summed E-state index contributed by atoms with van der Waals surface area (Å²) in [6, 6.07) is 0. The molecule has 1 aliphatic heterocycles. The van der Waals surface area contributed by atoms with Crippen molar-refractivity contribution in [2.75, 3.05) is 18.6 Å². The lowest BCUT2D eigenvalue weighted by Gasteiger charge is -2.16. The Labute approximate surface area is 115 Å². The fourth-order valence-corrected chi connectivity index (χ4v) is 2.64.